The number of hydrogen-bond donors (Lipinski definition) is 0. The van der Waals surface area contributed by atoms with Crippen molar-refractivity contribution in [1.82, 2.24) is 9.97 Å². The minimum absolute atomic E-state index is 0.721. The van der Waals surface area contributed by atoms with Crippen LogP contribution in [-0.4, -0.2) is 9.97 Å². The molecule has 2 heteroatoms. The molecule has 1 unspecified atom stereocenters. The Morgan fingerprint density at radius 1 is 0.960 bits per heavy atom. The zero-order valence-corrected chi connectivity index (χ0v) is 14.4. The number of rotatable bonds is 1. The van der Waals surface area contributed by atoms with Crippen LogP contribution in [0.15, 0.2) is 60.9 Å². The van der Waals surface area contributed by atoms with Crippen LogP contribution >= 0.6 is 0 Å². The van der Waals surface area contributed by atoms with E-state index >= 15 is 0 Å². The normalized spacial score (nSPS) is 16.9. The average molecular weight is 324 g/mol. The zero-order chi connectivity index (χ0) is 16.8. The summed E-state index contributed by atoms with van der Waals surface area (Å²) >= 11 is 0. The molecule has 0 bridgehead atoms. The van der Waals surface area contributed by atoms with Gasteiger partial charge in [-0.05, 0) is 65.3 Å². The Hall–Kier alpha value is -2.74. The van der Waals surface area contributed by atoms with E-state index in [9.17, 15) is 0 Å². The molecule has 0 aliphatic heterocycles. The van der Waals surface area contributed by atoms with Gasteiger partial charge in [0.15, 0.2) is 0 Å². The van der Waals surface area contributed by atoms with Crippen molar-refractivity contribution >= 4 is 21.7 Å². The molecule has 0 saturated heterocycles. The Kier molecular flexibility index (Phi) is 3.30. The predicted octanol–water partition coefficient (Wildman–Crippen LogP) is 5.57. The van der Waals surface area contributed by atoms with Crippen LogP contribution in [0.1, 0.15) is 24.5 Å². The molecule has 1 aliphatic carbocycles. The molecule has 1 aliphatic rings. The van der Waals surface area contributed by atoms with E-state index in [2.05, 4.69) is 54.4 Å². The molecule has 0 radical (unpaired) electrons. The maximum atomic E-state index is 5.09. The molecule has 2 aromatic heterocycles. The van der Waals surface area contributed by atoms with Gasteiger partial charge in [-0.2, -0.15) is 0 Å². The van der Waals surface area contributed by atoms with Gasteiger partial charge in [0.2, 0.25) is 0 Å². The highest BCUT2D eigenvalue weighted by Gasteiger charge is 2.23. The molecule has 0 fully saturated rings. The maximum Gasteiger partial charge on any atom is 0.0759 e. The number of hydrogen-bond acceptors (Lipinski definition) is 2. The molecule has 122 valence electrons. The van der Waals surface area contributed by atoms with Gasteiger partial charge in [0.1, 0.15) is 0 Å². The highest BCUT2D eigenvalue weighted by Crippen LogP contribution is 2.39. The highest BCUT2D eigenvalue weighted by molar-refractivity contribution is 6.09. The molecular weight excluding hydrogens is 304 g/mol. The van der Waals surface area contributed by atoms with Crippen LogP contribution in [0.25, 0.3) is 32.9 Å². The fourth-order valence-corrected chi connectivity index (χ4v) is 4.23. The maximum absolute atomic E-state index is 5.09. The lowest BCUT2D eigenvalue weighted by atomic mass is 9.80. The van der Waals surface area contributed by atoms with Crippen LogP contribution in [-0.2, 0) is 12.8 Å². The highest BCUT2D eigenvalue weighted by atomic mass is 14.7. The van der Waals surface area contributed by atoms with Crippen LogP contribution < -0.4 is 0 Å². The van der Waals surface area contributed by atoms with Crippen LogP contribution in [0.2, 0.25) is 0 Å². The van der Waals surface area contributed by atoms with Crippen molar-refractivity contribution in [2.24, 2.45) is 5.92 Å². The van der Waals surface area contributed by atoms with Gasteiger partial charge >= 0.3 is 0 Å². The summed E-state index contributed by atoms with van der Waals surface area (Å²) in [7, 11) is 0. The Balaban J connectivity index is 1.91. The average Bonchev–Trinajstić information content (AvgIpc) is 2.67. The first-order valence-electron chi connectivity index (χ1n) is 9.05. The van der Waals surface area contributed by atoms with E-state index < -0.39 is 0 Å². The van der Waals surface area contributed by atoms with Crippen molar-refractivity contribution < 1.29 is 0 Å². The Bertz CT molecular complexity index is 1080. The fourth-order valence-electron chi connectivity index (χ4n) is 4.23. The molecule has 0 saturated carbocycles. The van der Waals surface area contributed by atoms with E-state index in [0.29, 0.717) is 0 Å². The molecule has 0 spiro atoms. The summed E-state index contributed by atoms with van der Waals surface area (Å²) in [4.78, 5) is 9.41. The minimum Gasteiger partial charge on any atom is -0.264 e. The summed E-state index contributed by atoms with van der Waals surface area (Å²) in [6.07, 6.45) is 7.24. The van der Waals surface area contributed by atoms with Crippen molar-refractivity contribution in [2.75, 3.05) is 0 Å². The predicted molar refractivity (Wildman–Crippen MR) is 104 cm³/mol. The van der Waals surface area contributed by atoms with Crippen molar-refractivity contribution in [3.8, 4) is 11.3 Å². The number of nitrogens with zero attached hydrogens (tertiary/aromatic N) is 2. The zero-order valence-electron chi connectivity index (χ0n) is 14.4. The summed E-state index contributed by atoms with van der Waals surface area (Å²) in [5.41, 5.74) is 6.28. The standard InChI is InChI=1S/C23H20N2/c1-15-8-10-19-20(13-15)22-18-7-3-2-5-16(18)9-11-21(22)25-23(19)17-6-4-12-24-14-17/h2-7,9,11-12,14-15H,8,10,13H2,1H3. The summed E-state index contributed by atoms with van der Waals surface area (Å²) in [5.74, 6) is 0.721. The third-order valence-electron chi connectivity index (χ3n) is 5.47. The van der Waals surface area contributed by atoms with Gasteiger partial charge in [-0.25, -0.2) is 4.98 Å². The Morgan fingerprint density at radius 2 is 1.88 bits per heavy atom. The van der Waals surface area contributed by atoms with Crippen molar-refractivity contribution in [3.63, 3.8) is 0 Å². The number of pyridine rings is 2. The van der Waals surface area contributed by atoms with Gasteiger partial charge in [0.05, 0.1) is 11.2 Å². The lowest BCUT2D eigenvalue weighted by molar-refractivity contribution is 0.503. The van der Waals surface area contributed by atoms with Gasteiger partial charge in [-0.3, -0.25) is 4.98 Å². The monoisotopic (exact) mass is 324 g/mol. The Labute approximate surface area is 147 Å². The van der Waals surface area contributed by atoms with Crippen molar-refractivity contribution in [1.29, 1.82) is 0 Å². The molecule has 2 aromatic carbocycles. The van der Waals surface area contributed by atoms with E-state index in [4.69, 9.17) is 4.98 Å². The molecule has 2 nitrogen and oxygen atoms in total. The smallest absolute Gasteiger partial charge is 0.0759 e. The van der Waals surface area contributed by atoms with Gasteiger partial charge < -0.3 is 0 Å². The van der Waals surface area contributed by atoms with Gasteiger partial charge in [0, 0.05) is 23.3 Å². The van der Waals surface area contributed by atoms with E-state index in [1.54, 1.807) is 0 Å². The van der Waals surface area contributed by atoms with Crippen LogP contribution in [0.4, 0.5) is 0 Å². The fraction of sp³-hybridized carbons (Fsp3) is 0.217. The molecule has 0 amide bonds. The second kappa shape index (κ2) is 5.66. The molecular formula is C23H20N2. The molecule has 1 atom stereocenters. The second-order valence-electron chi connectivity index (χ2n) is 7.19. The Morgan fingerprint density at radius 3 is 2.76 bits per heavy atom. The SMILES string of the molecule is CC1CCc2c(-c3cccnc3)nc3ccc4ccccc4c3c2C1. The number of fused-ring (bicyclic) bond motifs is 5. The van der Waals surface area contributed by atoms with E-state index in [-0.39, 0.29) is 0 Å². The lowest BCUT2D eigenvalue weighted by Crippen LogP contribution is -2.14. The first-order valence-corrected chi connectivity index (χ1v) is 9.05. The third kappa shape index (κ3) is 2.32. The summed E-state index contributed by atoms with van der Waals surface area (Å²) in [5, 5.41) is 3.98. The van der Waals surface area contributed by atoms with E-state index in [1.807, 2.05) is 18.5 Å². The quantitative estimate of drug-likeness (QED) is 0.427. The summed E-state index contributed by atoms with van der Waals surface area (Å²) in [6, 6.07) is 17.2. The first-order chi connectivity index (χ1) is 12.3. The van der Waals surface area contributed by atoms with Crippen LogP contribution in [0.5, 0.6) is 0 Å². The molecule has 25 heavy (non-hydrogen) atoms. The first kappa shape index (κ1) is 14.6. The van der Waals surface area contributed by atoms with Crippen molar-refractivity contribution in [3.05, 3.63) is 72.1 Å². The largest absolute Gasteiger partial charge is 0.264 e. The van der Waals surface area contributed by atoms with Gasteiger partial charge in [-0.15, -0.1) is 0 Å². The van der Waals surface area contributed by atoms with Gasteiger partial charge in [0.25, 0.3) is 0 Å². The van der Waals surface area contributed by atoms with E-state index in [0.717, 1.165) is 35.5 Å². The molecule has 4 aromatic rings. The topological polar surface area (TPSA) is 25.8 Å². The lowest BCUT2D eigenvalue weighted by Gasteiger charge is -2.26. The van der Waals surface area contributed by atoms with Crippen LogP contribution in [0, 0.1) is 5.92 Å². The molecule has 0 N–H and O–H groups in total. The minimum atomic E-state index is 0.721. The third-order valence-corrected chi connectivity index (χ3v) is 5.47. The molecule has 5 rings (SSSR count). The number of aromatic nitrogens is 2. The summed E-state index contributed by atoms with van der Waals surface area (Å²) in [6.45, 7) is 2.37. The number of benzene rings is 2. The molecule has 2 heterocycles. The summed E-state index contributed by atoms with van der Waals surface area (Å²) < 4.78 is 0. The van der Waals surface area contributed by atoms with Crippen LogP contribution in [0.3, 0.4) is 0 Å². The van der Waals surface area contributed by atoms with Crippen molar-refractivity contribution in [2.45, 2.75) is 26.2 Å². The van der Waals surface area contributed by atoms with Gasteiger partial charge in [-0.1, -0.05) is 37.3 Å². The second-order valence-corrected chi connectivity index (χ2v) is 7.19. The van der Waals surface area contributed by atoms with E-state index in [1.165, 1.54) is 33.7 Å².